The Labute approximate surface area is 168 Å². The van der Waals surface area contributed by atoms with Crippen LogP contribution < -0.4 is 19.7 Å². The molecule has 1 saturated heterocycles. The molecule has 28 heavy (non-hydrogen) atoms. The van der Waals surface area contributed by atoms with Crippen LogP contribution in [0, 0.1) is 5.82 Å². The molecule has 0 atom stereocenters. The molecule has 1 N–H and O–H groups in total. The molecule has 2 heterocycles. The Morgan fingerprint density at radius 2 is 1.89 bits per heavy atom. The van der Waals surface area contributed by atoms with E-state index in [0.717, 1.165) is 31.6 Å². The van der Waals surface area contributed by atoms with Crippen molar-refractivity contribution in [3.8, 4) is 11.5 Å². The van der Waals surface area contributed by atoms with Crippen LogP contribution in [0.1, 0.15) is 24.8 Å². The van der Waals surface area contributed by atoms with E-state index in [4.69, 9.17) is 21.1 Å². The van der Waals surface area contributed by atoms with Crippen molar-refractivity contribution >= 4 is 28.9 Å². The normalized spacial score (nSPS) is 16.0. The lowest BCUT2D eigenvalue weighted by atomic mass is 10.1. The Morgan fingerprint density at radius 3 is 2.71 bits per heavy atom. The number of fused-ring (bicyclic) bond motifs is 1. The fraction of sp³-hybridized carbons (Fsp3) is 0.381. The summed E-state index contributed by atoms with van der Waals surface area (Å²) in [6.07, 6.45) is 3.50. The first-order chi connectivity index (χ1) is 13.6. The summed E-state index contributed by atoms with van der Waals surface area (Å²) in [6.45, 7) is 2.71. The largest absolute Gasteiger partial charge is 0.486 e. The molecule has 1 amide bonds. The molecule has 0 aliphatic carbocycles. The molecule has 0 bridgehead atoms. The lowest BCUT2D eigenvalue weighted by molar-refractivity contribution is -0.115. The topological polar surface area (TPSA) is 50.8 Å². The monoisotopic (exact) mass is 404 g/mol. The number of benzene rings is 2. The predicted molar refractivity (Wildman–Crippen MR) is 107 cm³/mol. The smallest absolute Gasteiger partial charge is 0.228 e. The van der Waals surface area contributed by atoms with E-state index in [0.29, 0.717) is 41.0 Å². The number of carbonyl (C=O) groups is 1. The van der Waals surface area contributed by atoms with Crippen molar-refractivity contribution in [3.05, 3.63) is 46.7 Å². The van der Waals surface area contributed by atoms with Crippen LogP contribution in [0.3, 0.4) is 0 Å². The van der Waals surface area contributed by atoms with Crippen LogP contribution in [0.2, 0.25) is 5.02 Å². The highest BCUT2D eigenvalue weighted by molar-refractivity contribution is 6.32. The Balaban J connectivity index is 1.51. The molecule has 0 saturated carbocycles. The van der Waals surface area contributed by atoms with E-state index >= 15 is 0 Å². The van der Waals surface area contributed by atoms with Gasteiger partial charge in [0, 0.05) is 13.1 Å². The number of nitrogens with one attached hydrogen (secondary N) is 1. The molecule has 2 aliphatic rings. The molecule has 2 aromatic rings. The summed E-state index contributed by atoms with van der Waals surface area (Å²) in [6, 6.07) is 8.00. The second kappa shape index (κ2) is 8.27. The lowest BCUT2D eigenvalue weighted by Crippen LogP contribution is -2.30. The van der Waals surface area contributed by atoms with Gasteiger partial charge in [-0.15, -0.1) is 0 Å². The highest BCUT2D eigenvalue weighted by atomic mass is 35.5. The maximum absolute atomic E-state index is 13.8. The molecular formula is C21H22ClFN2O3. The zero-order chi connectivity index (χ0) is 19.5. The average molecular weight is 405 g/mol. The zero-order valence-corrected chi connectivity index (χ0v) is 16.2. The first-order valence-electron chi connectivity index (χ1n) is 9.52. The summed E-state index contributed by atoms with van der Waals surface area (Å²) in [4.78, 5) is 14.8. The van der Waals surface area contributed by atoms with Crippen molar-refractivity contribution < 1.29 is 18.7 Å². The number of ether oxygens (including phenoxy) is 2. The number of hydrogen-bond acceptors (Lipinski definition) is 4. The van der Waals surface area contributed by atoms with Gasteiger partial charge in [0.2, 0.25) is 5.91 Å². The summed E-state index contributed by atoms with van der Waals surface area (Å²) in [7, 11) is 0. The van der Waals surface area contributed by atoms with Crippen LogP contribution in [0.25, 0.3) is 0 Å². The predicted octanol–water partition coefficient (Wildman–Crippen LogP) is 4.42. The van der Waals surface area contributed by atoms with Gasteiger partial charge in [-0.25, -0.2) is 4.39 Å². The second-order valence-corrected chi connectivity index (χ2v) is 7.44. The molecule has 1 fully saturated rings. The van der Waals surface area contributed by atoms with Gasteiger partial charge in [0.05, 0.1) is 22.8 Å². The number of amides is 1. The van der Waals surface area contributed by atoms with Crippen LogP contribution in [0.15, 0.2) is 30.3 Å². The number of hydrogen-bond donors (Lipinski definition) is 1. The molecule has 4 rings (SSSR count). The molecule has 7 heteroatoms. The first-order valence-corrected chi connectivity index (χ1v) is 9.90. The van der Waals surface area contributed by atoms with Gasteiger partial charge in [0.15, 0.2) is 11.5 Å². The quantitative estimate of drug-likeness (QED) is 0.819. The molecule has 2 aromatic carbocycles. The Morgan fingerprint density at radius 1 is 1.11 bits per heavy atom. The fourth-order valence-electron chi connectivity index (χ4n) is 3.67. The van der Waals surface area contributed by atoms with Crippen molar-refractivity contribution in [1.82, 2.24) is 0 Å². The number of halogens is 2. The van der Waals surface area contributed by atoms with Crippen LogP contribution >= 0.6 is 11.6 Å². The van der Waals surface area contributed by atoms with Gasteiger partial charge in [-0.2, -0.15) is 0 Å². The van der Waals surface area contributed by atoms with Crippen molar-refractivity contribution in [2.24, 2.45) is 0 Å². The summed E-state index contributed by atoms with van der Waals surface area (Å²) in [5.41, 5.74) is 2.06. The van der Waals surface area contributed by atoms with Crippen LogP contribution in [-0.4, -0.2) is 32.2 Å². The molecule has 148 valence electrons. The summed E-state index contributed by atoms with van der Waals surface area (Å²) >= 11 is 6.25. The standard InChI is InChI=1S/C21H22ClFN2O3/c22-16-10-14(11-19-21(16)28-9-8-27-19)12-20(26)24-17-13-15(23)4-5-18(17)25-6-2-1-3-7-25/h4-5,10-11,13H,1-3,6-9,12H2,(H,24,26). The van der Waals surface area contributed by atoms with Gasteiger partial charge < -0.3 is 19.7 Å². The molecule has 5 nitrogen and oxygen atoms in total. The Kier molecular flexibility index (Phi) is 5.57. The van der Waals surface area contributed by atoms with E-state index in [1.54, 1.807) is 18.2 Å². The Hall–Kier alpha value is -2.47. The van der Waals surface area contributed by atoms with E-state index in [1.807, 2.05) is 0 Å². The van der Waals surface area contributed by atoms with Gasteiger partial charge in [-0.05, 0) is 55.2 Å². The van der Waals surface area contributed by atoms with Gasteiger partial charge in [0.25, 0.3) is 0 Å². The number of carbonyl (C=O) groups excluding carboxylic acids is 1. The highest BCUT2D eigenvalue weighted by Crippen LogP contribution is 2.38. The van der Waals surface area contributed by atoms with Gasteiger partial charge in [0.1, 0.15) is 19.0 Å². The van der Waals surface area contributed by atoms with Crippen molar-refractivity contribution in [3.63, 3.8) is 0 Å². The minimum absolute atomic E-state index is 0.103. The van der Waals surface area contributed by atoms with Crippen molar-refractivity contribution in [2.75, 3.05) is 36.5 Å². The van der Waals surface area contributed by atoms with Gasteiger partial charge in [-0.3, -0.25) is 4.79 Å². The Bertz CT molecular complexity index is 884. The molecular weight excluding hydrogens is 383 g/mol. The minimum Gasteiger partial charge on any atom is -0.486 e. The minimum atomic E-state index is -0.376. The van der Waals surface area contributed by atoms with Crippen LogP contribution in [0.4, 0.5) is 15.8 Å². The zero-order valence-electron chi connectivity index (χ0n) is 15.5. The maximum atomic E-state index is 13.8. The highest BCUT2D eigenvalue weighted by Gasteiger charge is 2.19. The summed E-state index contributed by atoms with van der Waals surface area (Å²) in [5.74, 6) is 0.436. The van der Waals surface area contributed by atoms with Crippen molar-refractivity contribution in [2.45, 2.75) is 25.7 Å². The third-order valence-corrected chi connectivity index (χ3v) is 5.23. The van der Waals surface area contributed by atoms with Crippen LogP contribution in [-0.2, 0) is 11.2 Å². The first kappa shape index (κ1) is 18.9. The number of anilines is 2. The van der Waals surface area contributed by atoms with E-state index in [2.05, 4.69) is 10.2 Å². The van der Waals surface area contributed by atoms with Crippen LogP contribution in [0.5, 0.6) is 11.5 Å². The van der Waals surface area contributed by atoms with Gasteiger partial charge in [-0.1, -0.05) is 11.6 Å². The second-order valence-electron chi connectivity index (χ2n) is 7.04. The molecule has 2 aliphatic heterocycles. The van der Waals surface area contributed by atoms with E-state index in [-0.39, 0.29) is 18.1 Å². The van der Waals surface area contributed by atoms with E-state index in [9.17, 15) is 9.18 Å². The van der Waals surface area contributed by atoms with Crippen molar-refractivity contribution in [1.29, 1.82) is 0 Å². The third kappa shape index (κ3) is 4.17. The molecule has 0 spiro atoms. The fourth-order valence-corrected chi connectivity index (χ4v) is 3.95. The maximum Gasteiger partial charge on any atom is 0.228 e. The number of piperidine rings is 1. The average Bonchev–Trinajstić information content (AvgIpc) is 2.69. The van der Waals surface area contributed by atoms with Gasteiger partial charge >= 0.3 is 0 Å². The van der Waals surface area contributed by atoms with E-state index in [1.165, 1.54) is 18.6 Å². The summed E-state index contributed by atoms with van der Waals surface area (Å²) in [5, 5.41) is 3.28. The number of rotatable bonds is 4. The lowest BCUT2D eigenvalue weighted by Gasteiger charge is -2.30. The molecule has 0 radical (unpaired) electrons. The molecule has 0 aromatic heterocycles. The summed E-state index contributed by atoms with van der Waals surface area (Å²) < 4.78 is 24.9. The third-order valence-electron chi connectivity index (χ3n) is 4.95. The molecule has 0 unspecified atom stereocenters. The SMILES string of the molecule is O=C(Cc1cc(Cl)c2c(c1)OCCO2)Nc1cc(F)ccc1N1CCCCC1. The number of nitrogens with zero attached hydrogens (tertiary/aromatic N) is 1. The van der Waals surface area contributed by atoms with E-state index < -0.39 is 0 Å².